The van der Waals surface area contributed by atoms with Crippen LogP contribution in [-0.2, 0) is 19.3 Å². The molecule has 0 fully saturated rings. The minimum atomic E-state index is 0.614. The summed E-state index contributed by atoms with van der Waals surface area (Å²) in [5.74, 6) is 1.05. The van der Waals surface area contributed by atoms with Crippen molar-refractivity contribution in [3.05, 3.63) is 35.5 Å². The fraction of sp³-hybridized carbons (Fsp3) is 0.333. The van der Waals surface area contributed by atoms with Gasteiger partial charge in [-0.05, 0) is 23.4 Å². The summed E-state index contributed by atoms with van der Waals surface area (Å²) in [5.41, 5.74) is 9.69. The van der Waals surface area contributed by atoms with Crippen LogP contribution < -0.4 is 5.73 Å². The largest absolute Gasteiger partial charge is 0.350 e. The molecule has 15 heavy (non-hydrogen) atoms. The molecule has 1 heterocycles. The Balaban J connectivity index is 2.70. The van der Waals surface area contributed by atoms with Crippen LogP contribution in [0.15, 0.2) is 24.4 Å². The number of aryl methyl sites for hydroxylation is 1. The monoisotopic (exact) mass is 220 g/mol. The second kappa shape index (κ2) is 4.29. The van der Waals surface area contributed by atoms with Gasteiger partial charge >= 0.3 is 0 Å². The van der Waals surface area contributed by atoms with Gasteiger partial charge in [-0.3, -0.25) is 0 Å². The van der Waals surface area contributed by atoms with Crippen molar-refractivity contribution in [2.75, 3.05) is 6.26 Å². The van der Waals surface area contributed by atoms with E-state index in [1.54, 1.807) is 0 Å². The first-order valence-electron chi connectivity index (χ1n) is 5.02. The second-order valence-electron chi connectivity index (χ2n) is 3.71. The van der Waals surface area contributed by atoms with E-state index in [0.29, 0.717) is 6.54 Å². The first-order valence-corrected chi connectivity index (χ1v) is 6.42. The van der Waals surface area contributed by atoms with Gasteiger partial charge in [0.2, 0.25) is 0 Å². The third-order valence-electron chi connectivity index (χ3n) is 2.70. The van der Waals surface area contributed by atoms with Crippen molar-refractivity contribution >= 4 is 22.7 Å². The summed E-state index contributed by atoms with van der Waals surface area (Å²) < 4.78 is 2.18. The molecule has 2 N–H and O–H groups in total. The molecule has 0 saturated carbocycles. The SMILES string of the molecule is CSCc1cn(C)c2cccc(CN)c12. The van der Waals surface area contributed by atoms with Crippen LogP contribution in [0.25, 0.3) is 10.9 Å². The maximum atomic E-state index is 5.77. The molecule has 2 rings (SSSR count). The number of hydrogen-bond acceptors (Lipinski definition) is 2. The van der Waals surface area contributed by atoms with Crippen LogP contribution in [-0.4, -0.2) is 10.8 Å². The molecule has 0 aliphatic carbocycles. The summed E-state index contributed by atoms with van der Waals surface area (Å²) >= 11 is 1.85. The third kappa shape index (κ3) is 1.77. The summed E-state index contributed by atoms with van der Waals surface area (Å²) in [6.07, 6.45) is 4.34. The summed E-state index contributed by atoms with van der Waals surface area (Å²) in [6, 6.07) is 6.35. The lowest BCUT2D eigenvalue weighted by Crippen LogP contribution is -1.97. The summed E-state index contributed by atoms with van der Waals surface area (Å²) in [5, 5.41) is 1.34. The van der Waals surface area contributed by atoms with Crippen molar-refractivity contribution in [2.45, 2.75) is 12.3 Å². The quantitative estimate of drug-likeness (QED) is 0.861. The van der Waals surface area contributed by atoms with Gasteiger partial charge in [-0.1, -0.05) is 12.1 Å². The van der Waals surface area contributed by atoms with Gasteiger partial charge in [0.1, 0.15) is 0 Å². The van der Waals surface area contributed by atoms with Crippen LogP contribution in [0.2, 0.25) is 0 Å². The average molecular weight is 220 g/mol. The highest BCUT2D eigenvalue weighted by atomic mass is 32.2. The molecule has 0 amide bonds. The van der Waals surface area contributed by atoms with Crippen molar-refractivity contribution < 1.29 is 0 Å². The second-order valence-corrected chi connectivity index (χ2v) is 4.58. The molecule has 0 atom stereocenters. The maximum absolute atomic E-state index is 5.77. The van der Waals surface area contributed by atoms with Gasteiger partial charge in [-0.25, -0.2) is 0 Å². The van der Waals surface area contributed by atoms with Crippen molar-refractivity contribution in [2.24, 2.45) is 12.8 Å². The number of fused-ring (bicyclic) bond motifs is 1. The molecule has 1 aromatic heterocycles. The molecule has 0 aliphatic rings. The van der Waals surface area contributed by atoms with E-state index >= 15 is 0 Å². The number of aromatic nitrogens is 1. The molecule has 2 aromatic rings. The predicted octanol–water partition coefficient (Wildman–Crippen LogP) is 2.50. The third-order valence-corrected chi connectivity index (χ3v) is 3.30. The van der Waals surface area contributed by atoms with Gasteiger partial charge in [-0.2, -0.15) is 11.8 Å². The lowest BCUT2D eigenvalue weighted by Gasteiger charge is -2.02. The van der Waals surface area contributed by atoms with Crippen LogP contribution in [0.4, 0.5) is 0 Å². The minimum absolute atomic E-state index is 0.614. The smallest absolute Gasteiger partial charge is 0.0484 e. The van der Waals surface area contributed by atoms with Crippen molar-refractivity contribution in [3.63, 3.8) is 0 Å². The number of nitrogens with two attached hydrogens (primary N) is 1. The Kier molecular flexibility index (Phi) is 3.03. The van der Waals surface area contributed by atoms with Gasteiger partial charge < -0.3 is 10.3 Å². The highest BCUT2D eigenvalue weighted by Gasteiger charge is 2.08. The number of thioether (sulfide) groups is 1. The zero-order chi connectivity index (χ0) is 10.8. The van der Waals surface area contributed by atoms with Crippen LogP contribution in [0, 0.1) is 0 Å². The van der Waals surface area contributed by atoms with Gasteiger partial charge in [0.15, 0.2) is 0 Å². The lowest BCUT2D eigenvalue weighted by molar-refractivity contribution is 0.962. The Morgan fingerprint density at radius 3 is 2.80 bits per heavy atom. The van der Waals surface area contributed by atoms with Crippen LogP contribution >= 0.6 is 11.8 Å². The van der Waals surface area contributed by atoms with Crippen LogP contribution in [0.1, 0.15) is 11.1 Å². The molecule has 1 aromatic carbocycles. The molecule has 3 heteroatoms. The maximum Gasteiger partial charge on any atom is 0.0484 e. The Morgan fingerprint density at radius 1 is 1.33 bits per heavy atom. The number of benzene rings is 1. The average Bonchev–Trinajstić information content (AvgIpc) is 2.57. The van der Waals surface area contributed by atoms with E-state index in [-0.39, 0.29) is 0 Å². The molecular weight excluding hydrogens is 204 g/mol. The normalized spacial score (nSPS) is 11.1. The van der Waals surface area contributed by atoms with E-state index in [1.165, 1.54) is 22.0 Å². The predicted molar refractivity (Wildman–Crippen MR) is 68.0 cm³/mol. The zero-order valence-electron chi connectivity index (χ0n) is 9.16. The molecule has 0 unspecified atom stereocenters. The summed E-state index contributed by atoms with van der Waals surface area (Å²) in [6.45, 7) is 0.614. The molecular formula is C12H16N2S. The number of rotatable bonds is 3. The first kappa shape index (κ1) is 10.6. The van der Waals surface area contributed by atoms with Crippen LogP contribution in [0.5, 0.6) is 0 Å². The fourth-order valence-corrected chi connectivity index (χ4v) is 2.58. The lowest BCUT2D eigenvalue weighted by atomic mass is 10.1. The zero-order valence-corrected chi connectivity index (χ0v) is 9.97. The fourth-order valence-electron chi connectivity index (χ4n) is 2.05. The standard InChI is InChI=1S/C12H16N2S/c1-14-7-10(8-15-2)12-9(6-13)4-3-5-11(12)14/h3-5,7H,6,8,13H2,1-2H3. The van der Waals surface area contributed by atoms with Gasteiger partial charge in [-0.15, -0.1) is 0 Å². The van der Waals surface area contributed by atoms with E-state index in [4.69, 9.17) is 5.73 Å². The van der Waals surface area contributed by atoms with E-state index < -0.39 is 0 Å². The Morgan fingerprint density at radius 2 is 2.13 bits per heavy atom. The number of hydrogen-bond donors (Lipinski definition) is 1. The molecule has 0 spiro atoms. The molecule has 80 valence electrons. The number of nitrogens with zero attached hydrogens (tertiary/aromatic N) is 1. The molecule has 0 bridgehead atoms. The van der Waals surface area contributed by atoms with E-state index in [1.807, 2.05) is 11.8 Å². The van der Waals surface area contributed by atoms with E-state index in [9.17, 15) is 0 Å². The Hall–Kier alpha value is -0.930. The Labute approximate surface area is 94.5 Å². The topological polar surface area (TPSA) is 30.9 Å². The molecule has 0 aliphatic heterocycles. The van der Waals surface area contributed by atoms with Gasteiger partial charge in [0, 0.05) is 36.4 Å². The van der Waals surface area contributed by atoms with Crippen molar-refractivity contribution in [1.82, 2.24) is 4.57 Å². The summed E-state index contributed by atoms with van der Waals surface area (Å²) in [7, 11) is 2.09. The van der Waals surface area contributed by atoms with Crippen LogP contribution in [0.3, 0.4) is 0 Å². The van der Waals surface area contributed by atoms with Gasteiger partial charge in [0.25, 0.3) is 0 Å². The summed E-state index contributed by atoms with van der Waals surface area (Å²) in [4.78, 5) is 0. The highest BCUT2D eigenvalue weighted by Crippen LogP contribution is 2.26. The molecule has 2 nitrogen and oxygen atoms in total. The highest BCUT2D eigenvalue weighted by molar-refractivity contribution is 7.97. The molecule has 0 saturated heterocycles. The van der Waals surface area contributed by atoms with Crippen molar-refractivity contribution in [1.29, 1.82) is 0 Å². The van der Waals surface area contributed by atoms with Crippen molar-refractivity contribution in [3.8, 4) is 0 Å². The van der Waals surface area contributed by atoms with E-state index in [2.05, 4.69) is 42.3 Å². The first-order chi connectivity index (χ1) is 7.27. The Bertz CT molecular complexity index is 474. The van der Waals surface area contributed by atoms with E-state index in [0.717, 1.165) is 5.75 Å². The van der Waals surface area contributed by atoms with Gasteiger partial charge in [0.05, 0.1) is 0 Å². The minimum Gasteiger partial charge on any atom is -0.350 e. The molecule has 0 radical (unpaired) electrons.